The van der Waals surface area contributed by atoms with E-state index in [1.807, 2.05) is 6.92 Å². The fraction of sp³-hybridized carbons (Fsp3) is 0.429. The molecule has 0 aliphatic carbocycles. The average molecular weight is 329 g/mol. The maximum absolute atomic E-state index is 12.1. The van der Waals surface area contributed by atoms with Crippen LogP contribution >= 0.6 is 35.6 Å². The van der Waals surface area contributed by atoms with Crippen molar-refractivity contribution in [2.24, 2.45) is 0 Å². The Bertz CT molecular complexity index is 486. The third-order valence-corrected chi connectivity index (χ3v) is 4.95. The number of nitrogens with one attached hydrogen (secondary N) is 1. The van der Waals surface area contributed by atoms with Crippen molar-refractivity contribution >= 4 is 51.5 Å². The molecule has 1 aromatic rings. The molecular formula is C14H17ClN2OS2. The fourth-order valence-corrected chi connectivity index (χ4v) is 3.50. The van der Waals surface area contributed by atoms with Gasteiger partial charge in [-0.3, -0.25) is 4.79 Å². The van der Waals surface area contributed by atoms with E-state index in [4.69, 9.17) is 23.8 Å². The maximum Gasteiger partial charge on any atom is 0.237 e. The van der Waals surface area contributed by atoms with Crippen LogP contribution in [-0.4, -0.2) is 33.5 Å². The number of carbonyl (C=O) groups is 1. The lowest BCUT2D eigenvalue weighted by atomic mass is 10.3. The third-order valence-electron chi connectivity index (χ3n) is 3.12. The molecule has 1 atom stereocenters. The Balaban J connectivity index is 1.85. The van der Waals surface area contributed by atoms with Gasteiger partial charge in [0, 0.05) is 23.8 Å². The van der Waals surface area contributed by atoms with Crippen LogP contribution in [0, 0.1) is 0 Å². The Hall–Kier alpha value is -0.780. The number of nitrogens with zero attached hydrogens (tertiary/aromatic N) is 1. The minimum atomic E-state index is -0.209. The van der Waals surface area contributed by atoms with Gasteiger partial charge >= 0.3 is 0 Å². The molecule has 3 nitrogen and oxygen atoms in total. The van der Waals surface area contributed by atoms with Gasteiger partial charge in [-0.25, -0.2) is 0 Å². The maximum atomic E-state index is 12.1. The number of rotatable bonds is 3. The number of benzene rings is 1. The van der Waals surface area contributed by atoms with Gasteiger partial charge in [-0.05, 0) is 44.0 Å². The van der Waals surface area contributed by atoms with E-state index < -0.39 is 0 Å². The molecular weight excluding hydrogens is 312 g/mol. The molecule has 6 heteroatoms. The van der Waals surface area contributed by atoms with Gasteiger partial charge in [0.15, 0.2) is 0 Å². The van der Waals surface area contributed by atoms with Crippen LogP contribution in [0.25, 0.3) is 0 Å². The lowest BCUT2D eigenvalue weighted by Crippen LogP contribution is -2.29. The Kier molecular flexibility index (Phi) is 5.69. The highest BCUT2D eigenvalue weighted by molar-refractivity contribution is 8.23. The van der Waals surface area contributed by atoms with Gasteiger partial charge in [0.05, 0.1) is 5.25 Å². The van der Waals surface area contributed by atoms with E-state index in [1.165, 1.54) is 24.6 Å². The molecule has 1 aromatic carbocycles. The molecule has 0 saturated carbocycles. The number of thiocarbonyl (C=S) groups is 1. The number of hydrogen-bond donors (Lipinski definition) is 1. The Morgan fingerprint density at radius 2 is 1.95 bits per heavy atom. The summed E-state index contributed by atoms with van der Waals surface area (Å²) in [5.41, 5.74) is 0.749. The molecule has 0 aromatic heterocycles. The topological polar surface area (TPSA) is 32.3 Å². The Labute approximate surface area is 134 Å². The minimum absolute atomic E-state index is 0.0427. The lowest BCUT2D eigenvalue weighted by molar-refractivity contribution is -0.115. The van der Waals surface area contributed by atoms with Crippen molar-refractivity contribution in [2.75, 3.05) is 18.4 Å². The van der Waals surface area contributed by atoms with Crippen LogP contribution in [0.4, 0.5) is 5.69 Å². The van der Waals surface area contributed by atoms with Crippen LogP contribution in [0.2, 0.25) is 5.02 Å². The lowest BCUT2D eigenvalue weighted by Gasteiger charge is -2.20. The number of carbonyl (C=O) groups excluding carboxylic acids is 1. The largest absolute Gasteiger partial charge is 0.358 e. The SMILES string of the molecule is C[C@@H](SC(=S)N1CCCC1)C(=O)Nc1ccc(Cl)cc1. The predicted octanol–water partition coefficient (Wildman–Crippen LogP) is 3.78. The van der Waals surface area contributed by atoms with Crippen LogP contribution < -0.4 is 5.32 Å². The van der Waals surface area contributed by atoms with Gasteiger partial charge in [-0.2, -0.15) is 0 Å². The first-order valence-electron chi connectivity index (χ1n) is 6.58. The monoisotopic (exact) mass is 328 g/mol. The summed E-state index contributed by atoms with van der Waals surface area (Å²) in [6, 6.07) is 7.08. The van der Waals surface area contributed by atoms with Crippen LogP contribution in [-0.2, 0) is 4.79 Å². The summed E-state index contributed by atoms with van der Waals surface area (Å²) in [5, 5.41) is 3.31. The molecule has 1 heterocycles. The van der Waals surface area contributed by atoms with Gasteiger partial charge in [0.2, 0.25) is 5.91 Å². The zero-order valence-electron chi connectivity index (χ0n) is 11.3. The van der Waals surface area contributed by atoms with Crippen LogP contribution in [0.5, 0.6) is 0 Å². The van der Waals surface area contributed by atoms with Crippen molar-refractivity contribution in [1.29, 1.82) is 0 Å². The number of amides is 1. The van der Waals surface area contributed by atoms with E-state index in [-0.39, 0.29) is 11.2 Å². The van der Waals surface area contributed by atoms with Gasteiger partial charge in [-0.15, -0.1) is 0 Å². The normalized spacial score (nSPS) is 16.0. The second kappa shape index (κ2) is 7.29. The molecule has 0 radical (unpaired) electrons. The standard InChI is InChI=1S/C14H17ClN2OS2/c1-10(20-14(19)17-8-2-3-9-17)13(18)16-12-6-4-11(15)5-7-12/h4-7,10H,2-3,8-9H2,1H3,(H,16,18)/t10-/m1/s1. The number of halogens is 1. The molecule has 1 N–H and O–H groups in total. The molecule has 1 amide bonds. The van der Waals surface area contributed by atoms with E-state index in [0.717, 1.165) is 23.1 Å². The summed E-state index contributed by atoms with van der Waals surface area (Å²) < 4.78 is 0.821. The van der Waals surface area contributed by atoms with Gasteiger partial charge in [0.1, 0.15) is 4.32 Å². The number of hydrogen-bond acceptors (Lipinski definition) is 3. The second-order valence-corrected chi connectivity index (χ2v) is 7.13. The van der Waals surface area contributed by atoms with Gasteiger partial charge < -0.3 is 10.2 Å². The van der Waals surface area contributed by atoms with E-state index in [0.29, 0.717) is 5.02 Å². The van der Waals surface area contributed by atoms with Crippen molar-refractivity contribution in [3.8, 4) is 0 Å². The van der Waals surface area contributed by atoms with Crippen LogP contribution in [0.1, 0.15) is 19.8 Å². The molecule has 20 heavy (non-hydrogen) atoms. The first-order chi connectivity index (χ1) is 9.56. The molecule has 2 rings (SSSR count). The molecule has 1 fully saturated rings. The van der Waals surface area contributed by atoms with Gasteiger partial charge in [0.25, 0.3) is 0 Å². The third kappa shape index (κ3) is 4.36. The van der Waals surface area contributed by atoms with Crippen LogP contribution in [0.15, 0.2) is 24.3 Å². The Morgan fingerprint density at radius 1 is 1.35 bits per heavy atom. The smallest absolute Gasteiger partial charge is 0.237 e. The number of likely N-dealkylation sites (tertiary alicyclic amines) is 1. The first kappa shape index (κ1) is 15.6. The summed E-state index contributed by atoms with van der Waals surface area (Å²) in [5.74, 6) is -0.0427. The van der Waals surface area contributed by atoms with E-state index in [1.54, 1.807) is 24.3 Å². The van der Waals surface area contributed by atoms with E-state index in [2.05, 4.69) is 10.2 Å². The van der Waals surface area contributed by atoms with E-state index >= 15 is 0 Å². The summed E-state index contributed by atoms with van der Waals surface area (Å²) >= 11 is 12.6. The quantitative estimate of drug-likeness (QED) is 0.856. The average Bonchev–Trinajstić information content (AvgIpc) is 2.95. The number of thioether (sulfide) groups is 1. The highest BCUT2D eigenvalue weighted by atomic mass is 35.5. The zero-order chi connectivity index (χ0) is 14.5. The fourth-order valence-electron chi connectivity index (χ4n) is 1.96. The zero-order valence-corrected chi connectivity index (χ0v) is 13.7. The number of anilines is 1. The molecule has 1 aliphatic rings. The van der Waals surface area contributed by atoms with Crippen molar-refractivity contribution in [3.63, 3.8) is 0 Å². The van der Waals surface area contributed by atoms with Crippen molar-refractivity contribution < 1.29 is 4.79 Å². The van der Waals surface area contributed by atoms with Crippen molar-refractivity contribution in [2.45, 2.75) is 25.0 Å². The Morgan fingerprint density at radius 3 is 2.55 bits per heavy atom. The van der Waals surface area contributed by atoms with Crippen molar-refractivity contribution in [1.82, 2.24) is 4.90 Å². The molecule has 1 saturated heterocycles. The summed E-state index contributed by atoms with van der Waals surface area (Å²) in [6.45, 7) is 3.90. The highest BCUT2D eigenvalue weighted by Crippen LogP contribution is 2.21. The molecule has 1 aliphatic heterocycles. The summed E-state index contributed by atoms with van der Waals surface area (Å²) in [7, 11) is 0. The summed E-state index contributed by atoms with van der Waals surface area (Å²) in [6.07, 6.45) is 2.37. The highest BCUT2D eigenvalue weighted by Gasteiger charge is 2.21. The first-order valence-corrected chi connectivity index (χ1v) is 8.25. The molecule has 0 spiro atoms. The molecule has 0 bridgehead atoms. The van der Waals surface area contributed by atoms with E-state index in [9.17, 15) is 4.79 Å². The van der Waals surface area contributed by atoms with Crippen molar-refractivity contribution in [3.05, 3.63) is 29.3 Å². The van der Waals surface area contributed by atoms with Crippen LogP contribution in [0.3, 0.4) is 0 Å². The predicted molar refractivity (Wildman–Crippen MR) is 90.5 cm³/mol. The molecule has 0 unspecified atom stereocenters. The molecule has 108 valence electrons. The summed E-state index contributed by atoms with van der Waals surface area (Å²) in [4.78, 5) is 14.3. The minimum Gasteiger partial charge on any atom is -0.358 e. The second-order valence-electron chi connectivity index (χ2n) is 4.72. The van der Waals surface area contributed by atoms with Gasteiger partial charge in [-0.1, -0.05) is 35.6 Å².